The van der Waals surface area contributed by atoms with Gasteiger partial charge in [0.15, 0.2) is 11.5 Å². The van der Waals surface area contributed by atoms with Gasteiger partial charge in [0, 0.05) is 50.1 Å². The Bertz CT molecular complexity index is 691. The molecule has 0 unspecified atom stereocenters. The number of phenolic OH excluding ortho intramolecular Hbond substituents is 1. The summed E-state index contributed by atoms with van der Waals surface area (Å²) in [5.74, 6) is 0.0399. The van der Waals surface area contributed by atoms with Gasteiger partial charge >= 0.3 is 11.1 Å². The van der Waals surface area contributed by atoms with E-state index < -0.39 is 11.1 Å². The van der Waals surface area contributed by atoms with E-state index in [2.05, 4.69) is 9.97 Å². The summed E-state index contributed by atoms with van der Waals surface area (Å²) >= 11 is 0. The number of benzene rings is 1. The zero-order valence-electron chi connectivity index (χ0n) is 9.73. The first-order valence-corrected chi connectivity index (χ1v) is 4.68. The molecule has 0 bridgehead atoms. The van der Waals surface area contributed by atoms with Gasteiger partial charge in [-0.1, -0.05) is 0 Å². The summed E-state index contributed by atoms with van der Waals surface area (Å²) in [6.07, 6.45) is 0. The molecule has 0 amide bonds. The molecule has 0 atom stereocenters. The van der Waals surface area contributed by atoms with Crippen LogP contribution in [-0.4, -0.2) is 29.3 Å². The van der Waals surface area contributed by atoms with Crippen molar-refractivity contribution in [3.05, 3.63) is 26.8 Å². The first-order chi connectivity index (χ1) is 8.08. The van der Waals surface area contributed by atoms with Crippen molar-refractivity contribution in [2.45, 2.75) is 0 Å². The predicted octanol–water partition coefficient (Wildman–Crippen LogP) is -0.0608. The van der Waals surface area contributed by atoms with Crippen molar-refractivity contribution in [3.63, 3.8) is 0 Å². The minimum absolute atomic E-state index is 0. The number of H-pyrrole nitrogens is 2. The van der Waals surface area contributed by atoms with E-state index in [0.717, 1.165) is 0 Å². The zero-order valence-corrected chi connectivity index (χ0v) is 14.5. The number of ether oxygens (including phenoxy) is 2. The number of hydrogen-bond acceptors (Lipinski definition) is 5. The van der Waals surface area contributed by atoms with Crippen molar-refractivity contribution in [1.82, 2.24) is 9.97 Å². The second kappa shape index (κ2) is 5.76. The number of aromatic nitrogens is 2. The molecular weight excluding hydrogens is 455 g/mol. The van der Waals surface area contributed by atoms with Crippen molar-refractivity contribution in [3.8, 4) is 17.2 Å². The van der Waals surface area contributed by atoms with Gasteiger partial charge in [0.2, 0.25) is 5.75 Å². The Morgan fingerprint density at radius 2 is 1.72 bits per heavy atom. The number of phenols is 1. The van der Waals surface area contributed by atoms with Gasteiger partial charge in [-0.05, 0) is 0 Å². The van der Waals surface area contributed by atoms with Gasteiger partial charge in [-0.3, -0.25) is 9.59 Å². The molecule has 0 aliphatic rings. The van der Waals surface area contributed by atoms with E-state index >= 15 is 0 Å². The molecule has 0 aliphatic heterocycles. The normalized spacial score (nSPS) is 9.89. The maximum absolute atomic E-state index is 11.2. The van der Waals surface area contributed by atoms with Crippen LogP contribution in [0.25, 0.3) is 11.0 Å². The molecule has 2 aromatic rings. The third kappa shape index (κ3) is 2.40. The van der Waals surface area contributed by atoms with Crippen LogP contribution in [0.2, 0.25) is 0 Å². The minimum atomic E-state index is -0.847. The number of aromatic hydroxyl groups is 1. The van der Waals surface area contributed by atoms with Crippen LogP contribution in [0.5, 0.6) is 17.2 Å². The smallest absolute Gasteiger partial charge is 0.314 e. The maximum atomic E-state index is 11.2. The second-order valence-corrected chi connectivity index (χ2v) is 3.29. The van der Waals surface area contributed by atoms with Gasteiger partial charge in [-0.2, -0.15) is 0 Å². The molecule has 0 fully saturated rings. The van der Waals surface area contributed by atoms with Crippen molar-refractivity contribution >= 4 is 11.0 Å². The fourth-order valence-electron chi connectivity index (χ4n) is 1.55. The SMILES string of the molecule is COc1cc2[nH]c(=O)c(=O)[nH]c2c(O)c1OC.[Ac]. The van der Waals surface area contributed by atoms with Crippen LogP contribution < -0.4 is 20.6 Å². The summed E-state index contributed by atoms with van der Waals surface area (Å²) in [5.41, 5.74) is -1.30. The average molecular weight is 465 g/mol. The molecule has 7 nitrogen and oxygen atoms in total. The monoisotopic (exact) mass is 465 g/mol. The summed E-state index contributed by atoms with van der Waals surface area (Å²) in [7, 11) is 2.75. The third-order valence-corrected chi connectivity index (χ3v) is 2.34. The largest absolute Gasteiger partial charge is 0.503 e. The minimum Gasteiger partial charge on any atom is -0.503 e. The van der Waals surface area contributed by atoms with Gasteiger partial charge in [0.25, 0.3) is 0 Å². The molecule has 0 aliphatic carbocycles. The fourth-order valence-corrected chi connectivity index (χ4v) is 1.55. The Labute approximate surface area is 137 Å². The first kappa shape index (κ1) is 15.1. The number of nitrogens with one attached hydrogen (secondary N) is 2. The Morgan fingerprint density at radius 3 is 2.28 bits per heavy atom. The van der Waals surface area contributed by atoms with Crippen molar-refractivity contribution in [1.29, 1.82) is 0 Å². The van der Waals surface area contributed by atoms with E-state index in [1.165, 1.54) is 20.3 Å². The molecule has 1 aromatic heterocycles. The Morgan fingerprint density at radius 1 is 1.11 bits per heavy atom. The summed E-state index contributed by atoms with van der Waals surface area (Å²) in [4.78, 5) is 26.9. The molecule has 3 N–H and O–H groups in total. The first-order valence-electron chi connectivity index (χ1n) is 4.68. The molecule has 0 spiro atoms. The standard InChI is InChI=1S/C10H10N2O5.Ac/c1-16-5-3-4-6(7(13)8(5)17-2)12-10(15)9(14)11-4;/h3,13H,1-2H3,(H,11,14)(H,12,15);. The van der Waals surface area contributed by atoms with Crippen LogP contribution in [0.3, 0.4) is 0 Å². The van der Waals surface area contributed by atoms with Gasteiger partial charge in [0.05, 0.1) is 19.7 Å². The third-order valence-electron chi connectivity index (χ3n) is 2.34. The summed E-state index contributed by atoms with van der Waals surface area (Å²) < 4.78 is 9.95. The maximum Gasteiger partial charge on any atom is 0.314 e. The summed E-state index contributed by atoms with van der Waals surface area (Å²) in [6.45, 7) is 0. The number of hydrogen-bond donors (Lipinski definition) is 3. The Balaban J connectivity index is 0.00000162. The van der Waals surface area contributed by atoms with Crippen molar-refractivity contribution in [2.24, 2.45) is 0 Å². The van der Waals surface area contributed by atoms with Crippen LogP contribution >= 0.6 is 0 Å². The predicted molar refractivity (Wildman–Crippen MR) is 60.0 cm³/mol. The topological polar surface area (TPSA) is 104 Å². The molecule has 8 heteroatoms. The quantitative estimate of drug-likeness (QED) is 0.540. The van der Waals surface area contributed by atoms with Gasteiger partial charge in [-0.25, -0.2) is 0 Å². The Kier molecular flexibility index (Phi) is 4.82. The van der Waals surface area contributed by atoms with Crippen molar-refractivity contribution in [2.75, 3.05) is 14.2 Å². The van der Waals surface area contributed by atoms with Crippen LogP contribution in [0.4, 0.5) is 0 Å². The van der Waals surface area contributed by atoms with Gasteiger partial charge in [0.1, 0.15) is 5.52 Å². The molecule has 0 saturated heterocycles. The zero-order chi connectivity index (χ0) is 12.6. The average Bonchev–Trinajstić information content (AvgIpc) is 2.31. The molecule has 1 radical (unpaired) electrons. The molecule has 1 heterocycles. The second-order valence-electron chi connectivity index (χ2n) is 3.29. The molecule has 2 rings (SSSR count). The van der Waals surface area contributed by atoms with Gasteiger partial charge in [-0.15, -0.1) is 0 Å². The fraction of sp³-hybridized carbons (Fsp3) is 0.200. The van der Waals surface area contributed by atoms with Crippen molar-refractivity contribution < 1.29 is 58.6 Å². The molecule has 93 valence electrons. The molecule has 0 saturated carbocycles. The van der Waals surface area contributed by atoms with Crippen LogP contribution in [0.1, 0.15) is 0 Å². The summed E-state index contributed by atoms with van der Waals surface area (Å²) in [5, 5.41) is 9.88. The molecule has 18 heavy (non-hydrogen) atoms. The van der Waals surface area contributed by atoms with E-state index in [0.29, 0.717) is 0 Å². The van der Waals surface area contributed by atoms with E-state index in [9.17, 15) is 14.7 Å². The van der Waals surface area contributed by atoms with E-state index in [4.69, 9.17) is 9.47 Å². The Hall–Kier alpha value is -0.998. The number of methoxy groups -OCH3 is 2. The van der Waals surface area contributed by atoms with Crippen LogP contribution in [0.15, 0.2) is 15.7 Å². The number of fused-ring (bicyclic) bond motifs is 1. The van der Waals surface area contributed by atoms with Gasteiger partial charge < -0.3 is 24.5 Å². The van der Waals surface area contributed by atoms with Crippen LogP contribution in [-0.2, 0) is 0 Å². The number of rotatable bonds is 2. The van der Waals surface area contributed by atoms with E-state index in [1.54, 1.807) is 0 Å². The number of aromatic amines is 2. The van der Waals surface area contributed by atoms with Crippen LogP contribution in [0, 0.1) is 44.1 Å². The molecule has 1 aromatic carbocycles. The van der Waals surface area contributed by atoms with E-state index in [1.807, 2.05) is 0 Å². The summed E-state index contributed by atoms with van der Waals surface area (Å²) in [6, 6.07) is 1.45. The molecular formula is C10H10AcN2O5. The van der Waals surface area contributed by atoms with E-state index in [-0.39, 0.29) is 72.3 Å².